The van der Waals surface area contributed by atoms with Gasteiger partial charge in [-0.25, -0.2) is 0 Å². The smallest absolute Gasteiger partial charge is 0.258 e. The van der Waals surface area contributed by atoms with E-state index in [1.165, 1.54) is 17.3 Å². The maximum Gasteiger partial charge on any atom is 0.258 e. The molecule has 1 heterocycles. The Kier molecular flexibility index (Phi) is 10.2. The van der Waals surface area contributed by atoms with Gasteiger partial charge >= 0.3 is 0 Å². The number of aliphatic hydroxyl groups is 1. The van der Waals surface area contributed by atoms with Crippen LogP contribution in [0.5, 0.6) is 0 Å². The van der Waals surface area contributed by atoms with Crippen LogP contribution in [-0.2, 0) is 11.3 Å². The van der Waals surface area contributed by atoms with Gasteiger partial charge < -0.3 is 25.6 Å². The summed E-state index contributed by atoms with van der Waals surface area (Å²) in [4.78, 5) is 40.6. The fourth-order valence-electron chi connectivity index (χ4n) is 2.68. The summed E-state index contributed by atoms with van der Waals surface area (Å²) >= 11 is 0. The highest BCUT2D eigenvalue weighted by molar-refractivity contribution is 6.10. The zero-order valence-corrected chi connectivity index (χ0v) is 18.9. The van der Waals surface area contributed by atoms with Crippen molar-refractivity contribution in [3.8, 4) is 0 Å². The molecule has 0 spiro atoms. The average molecular weight is 429 g/mol. The van der Waals surface area contributed by atoms with Crippen LogP contribution >= 0.6 is 0 Å². The van der Waals surface area contributed by atoms with Crippen LogP contribution in [0.25, 0.3) is 0 Å². The van der Waals surface area contributed by atoms with Gasteiger partial charge in [0, 0.05) is 33.0 Å². The highest BCUT2D eigenvalue weighted by Gasteiger charge is 2.38. The molecule has 0 bridgehead atoms. The van der Waals surface area contributed by atoms with Crippen molar-refractivity contribution in [3.63, 3.8) is 0 Å². The van der Waals surface area contributed by atoms with Crippen LogP contribution in [0.1, 0.15) is 43.6 Å². The monoisotopic (exact) mass is 428 g/mol. The van der Waals surface area contributed by atoms with E-state index in [1.807, 2.05) is 58.0 Å². The summed E-state index contributed by atoms with van der Waals surface area (Å²) in [5.41, 5.74) is 0.878. The number of aromatic amines is 1. The minimum absolute atomic E-state index is 0.0447. The molecule has 4 N–H and O–H groups in total. The van der Waals surface area contributed by atoms with Crippen LogP contribution in [-0.4, -0.2) is 46.9 Å². The number of hydrogen-bond acceptors (Lipinski definition) is 6. The third kappa shape index (κ3) is 6.05. The molecule has 8 nitrogen and oxygen atoms in total. The van der Waals surface area contributed by atoms with Crippen LogP contribution in [0.4, 0.5) is 5.69 Å². The lowest BCUT2D eigenvalue weighted by atomic mass is 9.94. The number of anilines is 1. The topological polar surface area (TPSA) is 115 Å². The molecule has 0 aliphatic heterocycles. The largest absolute Gasteiger partial charge is 0.380 e. The molecular weight excluding hydrogens is 396 g/mol. The third-order valence-electron chi connectivity index (χ3n) is 4.20. The first-order valence-corrected chi connectivity index (χ1v) is 10.3. The maximum absolute atomic E-state index is 12.5. The lowest BCUT2D eigenvalue weighted by molar-refractivity contribution is -0.124. The van der Waals surface area contributed by atoms with E-state index in [2.05, 4.69) is 15.6 Å². The highest BCUT2D eigenvalue weighted by Crippen LogP contribution is 2.24. The van der Waals surface area contributed by atoms with E-state index in [0.717, 1.165) is 5.56 Å². The van der Waals surface area contributed by atoms with Gasteiger partial charge in [-0.2, -0.15) is 0 Å². The first kappa shape index (κ1) is 25.6. The van der Waals surface area contributed by atoms with Crippen LogP contribution in [0.15, 0.2) is 58.9 Å². The minimum Gasteiger partial charge on any atom is -0.380 e. The predicted octanol–water partition coefficient (Wildman–Crippen LogP) is 2.49. The summed E-state index contributed by atoms with van der Waals surface area (Å²) in [6.07, 6.45) is 1.42. The molecule has 3 rings (SSSR count). The molecule has 168 valence electrons. The molecule has 1 amide bonds. The number of Topliss-reactive ketones (excluding diaryl/α,β-unsaturated/α-hetero) is 1. The molecule has 0 saturated carbocycles. The Morgan fingerprint density at radius 1 is 1.06 bits per heavy atom. The van der Waals surface area contributed by atoms with E-state index in [4.69, 9.17) is 0 Å². The summed E-state index contributed by atoms with van der Waals surface area (Å²) < 4.78 is 0. The van der Waals surface area contributed by atoms with Crippen molar-refractivity contribution in [3.05, 3.63) is 75.5 Å². The number of nitrogens with one attached hydrogen (secondary N) is 3. The van der Waals surface area contributed by atoms with Crippen molar-refractivity contribution in [1.29, 1.82) is 0 Å². The van der Waals surface area contributed by atoms with Crippen molar-refractivity contribution >= 4 is 17.4 Å². The number of carbonyl (C=O) groups excluding carboxylic acids is 2. The van der Waals surface area contributed by atoms with Gasteiger partial charge in [0.2, 0.25) is 11.2 Å². The van der Waals surface area contributed by atoms with E-state index < -0.39 is 23.2 Å². The fraction of sp³-hybridized carbons (Fsp3) is 0.348. The fourth-order valence-corrected chi connectivity index (χ4v) is 2.68. The molecule has 1 atom stereocenters. The van der Waals surface area contributed by atoms with Crippen LogP contribution in [0.3, 0.4) is 0 Å². The summed E-state index contributed by atoms with van der Waals surface area (Å²) in [7, 11) is 3.09. The number of rotatable bonds is 6. The van der Waals surface area contributed by atoms with E-state index in [1.54, 1.807) is 14.1 Å². The van der Waals surface area contributed by atoms with E-state index in [9.17, 15) is 19.5 Å². The molecule has 0 saturated heterocycles. The normalized spacial score (nSPS) is 14.3. The quantitative estimate of drug-likeness (QED) is 0.562. The Morgan fingerprint density at radius 3 is 2.26 bits per heavy atom. The van der Waals surface area contributed by atoms with Gasteiger partial charge in [0.05, 0.1) is 5.70 Å². The number of ketones is 1. The number of nitrogens with zero attached hydrogens (tertiary/aromatic N) is 1. The number of benzene rings is 1. The Morgan fingerprint density at radius 2 is 1.68 bits per heavy atom. The molecule has 0 radical (unpaired) electrons. The molecule has 31 heavy (non-hydrogen) atoms. The first-order chi connectivity index (χ1) is 14.9. The molecule has 2 aromatic rings. The van der Waals surface area contributed by atoms with Gasteiger partial charge in [0.25, 0.3) is 5.91 Å². The minimum atomic E-state index is -1.26. The number of amides is 1. The number of aliphatic hydroxyl groups excluding tert-OH is 1. The zero-order chi connectivity index (χ0) is 23.6. The Balaban J connectivity index is 0.00000113. The second-order valence-electron chi connectivity index (χ2n) is 6.33. The second kappa shape index (κ2) is 12.3. The van der Waals surface area contributed by atoms with Crippen LogP contribution in [0.2, 0.25) is 0 Å². The number of pyridine rings is 1. The number of hydrogen-bond donors (Lipinski definition) is 4. The van der Waals surface area contributed by atoms with Crippen molar-refractivity contribution in [1.82, 2.24) is 15.2 Å². The summed E-state index contributed by atoms with van der Waals surface area (Å²) in [5.74, 6) is -0.967. The Labute approximate surface area is 183 Å². The summed E-state index contributed by atoms with van der Waals surface area (Å²) in [5, 5.41) is 15.7. The molecule has 1 aromatic carbocycles. The van der Waals surface area contributed by atoms with Gasteiger partial charge in [-0.15, -0.1) is 0 Å². The molecule has 1 aliphatic carbocycles. The highest BCUT2D eigenvalue weighted by atomic mass is 16.3. The van der Waals surface area contributed by atoms with Gasteiger partial charge in [-0.3, -0.25) is 14.4 Å². The standard InChI is InChI=1S/C19H20N4O4.2C2H6/c1-23(2)19(27)12-9-20-10-13(16(12)24)22-15-14(17(25)18(15)26)21-8-11-6-4-3-5-7-11;2*1-2/h3-7,9-10,17,21-22,25H,8H2,1-2H3,(H,20,24);2*1-2H3. The number of carbonyl (C=O) groups is 2. The Bertz CT molecular complexity index is 965. The molecule has 0 fully saturated rings. The van der Waals surface area contributed by atoms with Gasteiger partial charge in [0.1, 0.15) is 16.9 Å². The maximum atomic E-state index is 12.5. The molecular formula is C23H32N4O4. The lowest BCUT2D eigenvalue weighted by Crippen LogP contribution is -2.46. The third-order valence-corrected chi connectivity index (χ3v) is 4.20. The van der Waals surface area contributed by atoms with Gasteiger partial charge in [0.15, 0.2) is 6.10 Å². The van der Waals surface area contributed by atoms with Crippen molar-refractivity contribution in [2.24, 2.45) is 0 Å². The molecule has 1 aliphatic rings. The van der Waals surface area contributed by atoms with Crippen molar-refractivity contribution in [2.45, 2.75) is 40.3 Å². The molecule has 8 heteroatoms. The SMILES string of the molecule is CC.CC.CN(C)C(=O)c1c[nH]cc(NC2=C(NCc3ccccc3)C(O)C2=O)c1=O. The van der Waals surface area contributed by atoms with E-state index in [0.29, 0.717) is 12.2 Å². The van der Waals surface area contributed by atoms with Crippen molar-refractivity contribution < 1.29 is 14.7 Å². The average Bonchev–Trinajstić information content (AvgIpc) is 2.82. The van der Waals surface area contributed by atoms with Crippen LogP contribution in [0, 0.1) is 0 Å². The van der Waals surface area contributed by atoms with Gasteiger partial charge in [-0.1, -0.05) is 58.0 Å². The Hall–Kier alpha value is -3.39. The van der Waals surface area contributed by atoms with Crippen LogP contribution < -0.4 is 16.1 Å². The summed E-state index contributed by atoms with van der Waals surface area (Å²) in [6, 6.07) is 9.49. The zero-order valence-electron chi connectivity index (χ0n) is 18.9. The predicted molar refractivity (Wildman–Crippen MR) is 123 cm³/mol. The second-order valence-corrected chi connectivity index (χ2v) is 6.33. The molecule has 1 aromatic heterocycles. The first-order valence-electron chi connectivity index (χ1n) is 10.3. The number of H-pyrrole nitrogens is 1. The van der Waals surface area contributed by atoms with Crippen molar-refractivity contribution in [2.75, 3.05) is 19.4 Å². The van der Waals surface area contributed by atoms with Gasteiger partial charge in [-0.05, 0) is 5.56 Å². The number of aromatic nitrogens is 1. The molecule has 1 unspecified atom stereocenters. The van der Waals surface area contributed by atoms with E-state index >= 15 is 0 Å². The summed E-state index contributed by atoms with van der Waals surface area (Å²) in [6.45, 7) is 8.42. The lowest BCUT2D eigenvalue weighted by Gasteiger charge is -2.29. The van der Waals surface area contributed by atoms with E-state index in [-0.39, 0.29) is 16.9 Å².